The molecule has 10 nitrogen and oxygen atoms in total. The van der Waals surface area contributed by atoms with Crippen LogP contribution < -0.4 is 26.4 Å². The Hall–Kier alpha value is -3.91. The molecule has 2 aromatic carbocycles. The number of hydrogen-bond donors (Lipinski definition) is 4. The van der Waals surface area contributed by atoms with Crippen molar-refractivity contribution < 1.29 is 31.1 Å². The van der Waals surface area contributed by atoms with Crippen LogP contribution in [0.4, 0.5) is 30.6 Å². The largest absolute Gasteiger partial charge is 0.495 e. The van der Waals surface area contributed by atoms with E-state index in [2.05, 4.69) is 25.9 Å². The topological polar surface area (TPSA) is 148 Å². The fraction of sp³-hybridized carbons (Fsp3) is 0.292. The first-order chi connectivity index (χ1) is 17.9. The molecule has 0 fully saturated rings. The lowest BCUT2D eigenvalue weighted by Gasteiger charge is -2.25. The van der Waals surface area contributed by atoms with E-state index >= 15 is 0 Å². The van der Waals surface area contributed by atoms with Gasteiger partial charge < -0.3 is 21.1 Å². The van der Waals surface area contributed by atoms with Crippen LogP contribution in [0.15, 0.2) is 48.7 Å². The molecular formula is C24H25F3N6O4S. The molecule has 1 aliphatic carbocycles. The number of carbonyl (C=O) groups excluding carboxylic acids is 1. The Morgan fingerprint density at radius 3 is 2.61 bits per heavy atom. The third-order valence-corrected chi connectivity index (χ3v) is 6.64. The molecule has 5 N–H and O–H groups in total. The number of primary amides is 1. The van der Waals surface area contributed by atoms with Crippen LogP contribution in [0.5, 0.6) is 5.75 Å². The second kappa shape index (κ2) is 10.5. The van der Waals surface area contributed by atoms with Crippen molar-refractivity contribution in [2.45, 2.75) is 24.7 Å². The molecule has 0 aliphatic heterocycles. The van der Waals surface area contributed by atoms with Crippen LogP contribution in [0.3, 0.4) is 0 Å². The Balaban J connectivity index is 1.67. The van der Waals surface area contributed by atoms with Crippen molar-refractivity contribution in [2.24, 2.45) is 5.73 Å². The first-order valence-corrected chi connectivity index (χ1v) is 13.4. The van der Waals surface area contributed by atoms with Gasteiger partial charge in [-0.2, -0.15) is 18.2 Å². The molecule has 14 heteroatoms. The maximum absolute atomic E-state index is 13.9. The maximum atomic E-state index is 13.9. The molecule has 1 heterocycles. The van der Waals surface area contributed by atoms with E-state index in [0.29, 0.717) is 18.3 Å². The van der Waals surface area contributed by atoms with Gasteiger partial charge in [0, 0.05) is 18.0 Å². The molecule has 4 rings (SSSR count). The van der Waals surface area contributed by atoms with Gasteiger partial charge in [0.15, 0.2) is 9.84 Å². The quantitative estimate of drug-likeness (QED) is 0.315. The number of rotatable bonds is 9. The summed E-state index contributed by atoms with van der Waals surface area (Å²) >= 11 is 0. The van der Waals surface area contributed by atoms with Gasteiger partial charge >= 0.3 is 6.18 Å². The first-order valence-electron chi connectivity index (χ1n) is 11.3. The highest BCUT2D eigenvalue weighted by atomic mass is 32.2. The molecule has 0 unspecified atom stereocenters. The van der Waals surface area contributed by atoms with E-state index in [1.807, 2.05) is 6.07 Å². The van der Waals surface area contributed by atoms with Crippen molar-refractivity contribution in [3.05, 3.63) is 70.9 Å². The van der Waals surface area contributed by atoms with Gasteiger partial charge in [0.05, 0.1) is 30.8 Å². The van der Waals surface area contributed by atoms with Gasteiger partial charge in [-0.25, -0.2) is 13.4 Å². The predicted octanol–water partition coefficient (Wildman–Crippen LogP) is 3.02. The highest BCUT2D eigenvalue weighted by Crippen LogP contribution is 2.38. The van der Waals surface area contributed by atoms with Crippen LogP contribution in [0, 0.1) is 0 Å². The number of alkyl halides is 3. The number of fused-ring (bicyclic) bond motifs is 1. The molecule has 3 aromatic rings. The highest BCUT2D eigenvalue weighted by Gasteiger charge is 2.38. The number of nitrogens with zero attached hydrogens (tertiary/aromatic N) is 2. The van der Waals surface area contributed by atoms with Crippen LogP contribution in [0.2, 0.25) is 0 Å². The summed E-state index contributed by atoms with van der Waals surface area (Å²) in [4.78, 5) is 19.4. The zero-order valence-electron chi connectivity index (χ0n) is 20.3. The number of benzene rings is 2. The normalized spacial score (nSPS) is 17.1. The Morgan fingerprint density at radius 2 is 1.95 bits per heavy atom. The van der Waals surface area contributed by atoms with Gasteiger partial charge in [-0.05, 0) is 35.7 Å². The average Bonchev–Trinajstić information content (AvgIpc) is 3.18. The van der Waals surface area contributed by atoms with E-state index in [1.165, 1.54) is 25.3 Å². The number of amides is 1. The number of methoxy groups -OCH3 is 1. The van der Waals surface area contributed by atoms with Crippen molar-refractivity contribution in [3.63, 3.8) is 0 Å². The summed E-state index contributed by atoms with van der Waals surface area (Å²) < 4.78 is 70.5. The van der Waals surface area contributed by atoms with E-state index in [4.69, 9.17) is 10.5 Å². The summed E-state index contributed by atoms with van der Waals surface area (Å²) in [5, 5.41) is 8.62. The third-order valence-electron chi connectivity index (χ3n) is 5.95. The van der Waals surface area contributed by atoms with Crippen LogP contribution in [-0.2, 0) is 22.4 Å². The lowest BCUT2D eigenvalue weighted by atomic mass is 10.1. The molecular weight excluding hydrogens is 525 g/mol. The Labute approximate surface area is 216 Å². The number of anilines is 3. The number of aromatic nitrogens is 2. The Bertz CT molecular complexity index is 1470. The molecule has 0 saturated carbocycles. The molecule has 0 bridgehead atoms. The second-order valence-electron chi connectivity index (χ2n) is 8.76. The van der Waals surface area contributed by atoms with Crippen LogP contribution >= 0.6 is 0 Å². The zero-order valence-corrected chi connectivity index (χ0v) is 21.2. The molecule has 0 spiro atoms. The van der Waals surface area contributed by atoms with Gasteiger partial charge in [-0.3, -0.25) is 10.1 Å². The lowest BCUT2D eigenvalue weighted by molar-refractivity contribution is -0.137. The van der Waals surface area contributed by atoms with Crippen molar-refractivity contribution in [3.8, 4) is 5.75 Å². The summed E-state index contributed by atoms with van der Waals surface area (Å²) in [5.41, 5.74) is 6.33. The number of carbonyl (C=O) groups is 1. The second-order valence-corrected chi connectivity index (χ2v) is 10.9. The minimum Gasteiger partial charge on any atom is -0.495 e. The Kier molecular flexibility index (Phi) is 7.47. The molecule has 0 radical (unpaired) electrons. The van der Waals surface area contributed by atoms with Crippen molar-refractivity contribution >= 4 is 33.2 Å². The van der Waals surface area contributed by atoms with Gasteiger partial charge in [-0.1, -0.05) is 24.3 Å². The van der Waals surface area contributed by atoms with E-state index in [9.17, 15) is 26.4 Å². The van der Waals surface area contributed by atoms with Crippen molar-refractivity contribution in [1.29, 1.82) is 0 Å². The fourth-order valence-electron chi connectivity index (χ4n) is 4.23. The third kappa shape index (κ3) is 6.14. The molecule has 2 atom stereocenters. The monoisotopic (exact) mass is 550 g/mol. The SMILES string of the molecule is COc1cc(C(N)=O)ccc1Nc1ncc(C(F)(F)F)c(N[C@@H]2Cc3ccccc3[C@H]2NCS(C)(=O)=O)n1. The standard InChI is InChI=1S/C24H25F3N6O4S/c1-37-19-10-14(21(28)34)7-8-17(19)32-23-29-11-16(24(25,26)27)22(33-23)31-18-9-13-5-3-4-6-15(13)20(18)30-12-38(2,35)36/h3-8,10-11,18,20,30H,9,12H2,1-2H3,(H2,28,34)(H2,29,31,32,33)/t18-,20-/m1/s1. The average molecular weight is 551 g/mol. The molecule has 1 aliphatic rings. The van der Waals surface area contributed by atoms with Gasteiger partial charge in [0.2, 0.25) is 11.9 Å². The molecule has 1 aromatic heterocycles. The summed E-state index contributed by atoms with van der Waals surface area (Å²) in [6.45, 7) is 0. The summed E-state index contributed by atoms with van der Waals surface area (Å²) in [5.74, 6) is -1.47. The van der Waals surface area contributed by atoms with Crippen LogP contribution in [0.25, 0.3) is 0 Å². The number of halogens is 3. The summed E-state index contributed by atoms with van der Waals surface area (Å²) in [6, 6.07) is 10.3. The number of hydrogen-bond acceptors (Lipinski definition) is 9. The van der Waals surface area contributed by atoms with Crippen LogP contribution in [-0.4, -0.2) is 49.6 Å². The van der Waals surface area contributed by atoms with Gasteiger partial charge in [-0.15, -0.1) is 0 Å². The summed E-state index contributed by atoms with van der Waals surface area (Å²) in [7, 11) is -2.04. The minimum atomic E-state index is -4.76. The predicted molar refractivity (Wildman–Crippen MR) is 135 cm³/mol. The zero-order chi connectivity index (χ0) is 27.7. The van der Waals surface area contributed by atoms with Gasteiger partial charge in [0.1, 0.15) is 17.1 Å². The summed E-state index contributed by atoms with van der Waals surface area (Å²) in [6.07, 6.45) is -2.70. The van der Waals surface area contributed by atoms with Crippen molar-refractivity contribution in [1.82, 2.24) is 15.3 Å². The Morgan fingerprint density at radius 1 is 1.21 bits per heavy atom. The number of sulfone groups is 1. The first kappa shape index (κ1) is 27.1. The molecule has 202 valence electrons. The highest BCUT2D eigenvalue weighted by molar-refractivity contribution is 7.90. The number of nitrogens with one attached hydrogen (secondary N) is 3. The van der Waals surface area contributed by atoms with Crippen molar-refractivity contribution in [2.75, 3.05) is 29.9 Å². The van der Waals surface area contributed by atoms with Crippen LogP contribution in [0.1, 0.15) is 33.1 Å². The van der Waals surface area contributed by atoms with E-state index < -0.39 is 45.4 Å². The van der Waals surface area contributed by atoms with Gasteiger partial charge in [0.25, 0.3) is 0 Å². The van der Waals surface area contributed by atoms with E-state index in [1.54, 1.807) is 18.2 Å². The number of ether oxygens (including phenoxy) is 1. The molecule has 1 amide bonds. The molecule has 0 saturated heterocycles. The van der Waals surface area contributed by atoms with E-state index in [-0.39, 0.29) is 23.1 Å². The van der Waals surface area contributed by atoms with E-state index in [0.717, 1.165) is 17.4 Å². The fourth-order valence-corrected chi connectivity index (χ4v) is 4.71. The lowest BCUT2D eigenvalue weighted by Crippen LogP contribution is -2.37. The maximum Gasteiger partial charge on any atom is 0.421 e. The number of nitrogens with two attached hydrogens (primary N) is 1. The minimum absolute atomic E-state index is 0.165. The smallest absolute Gasteiger partial charge is 0.421 e. The molecule has 38 heavy (non-hydrogen) atoms.